The van der Waals surface area contributed by atoms with Gasteiger partial charge in [-0.15, -0.1) is 0 Å². The molecule has 130 valence electrons. The lowest BCUT2D eigenvalue weighted by atomic mass is 9.93. The van der Waals surface area contributed by atoms with E-state index in [9.17, 15) is 4.79 Å². The number of hydrogen-bond donors (Lipinski definition) is 0. The van der Waals surface area contributed by atoms with Crippen molar-refractivity contribution in [2.45, 2.75) is 58.2 Å². The van der Waals surface area contributed by atoms with Crippen molar-refractivity contribution in [2.75, 3.05) is 38.2 Å². The Hall–Kier alpha value is -0.330. The molecule has 1 aliphatic rings. The molecule has 0 bridgehead atoms. The molecule has 0 saturated carbocycles. The van der Waals surface area contributed by atoms with Gasteiger partial charge in [0.1, 0.15) is 5.60 Å². The molecule has 0 unspecified atom stereocenters. The Balaban J connectivity index is 2.38. The largest absolute Gasteiger partial charge is 0.444 e. The van der Waals surface area contributed by atoms with Crippen LogP contribution in [0.25, 0.3) is 0 Å². The van der Waals surface area contributed by atoms with Crippen LogP contribution in [0.1, 0.15) is 47.0 Å². The molecular weight excluding hydrogens is 350 g/mol. The van der Waals surface area contributed by atoms with E-state index in [-0.39, 0.29) is 11.7 Å². The second-order valence-electron chi connectivity index (χ2n) is 6.74. The molecule has 0 aliphatic carbocycles. The SMILES string of the molecule is CCCOCCOC1(CBr)CCN(C(=O)OC(C)(C)C)CC1. The van der Waals surface area contributed by atoms with Gasteiger partial charge in [-0.05, 0) is 40.0 Å². The number of piperidine rings is 1. The summed E-state index contributed by atoms with van der Waals surface area (Å²) < 4.78 is 16.9. The van der Waals surface area contributed by atoms with E-state index < -0.39 is 5.60 Å². The Labute approximate surface area is 142 Å². The highest BCUT2D eigenvalue weighted by Gasteiger charge is 2.37. The maximum absolute atomic E-state index is 12.1. The van der Waals surface area contributed by atoms with Gasteiger partial charge in [-0.2, -0.15) is 0 Å². The van der Waals surface area contributed by atoms with Crippen LogP contribution in [0.4, 0.5) is 4.79 Å². The fourth-order valence-electron chi connectivity index (χ4n) is 2.30. The second-order valence-corrected chi connectivity index (χ2v) is 7.31. The lowest BCUT2D eigenvalue weighted by Crippen LogP contribution is -2.50. The summed E-state index contributed by atoms with van der Waals surface area (Å²) in [6.45, 7) is 11.1. The smallest absolute Gasteiger partial charge is 0.410 e. The second kappa shape index (κ2) is 9.08. The summed E-state index contributed by atoms with van der Waals surface area (Å²) >= 11 is 3.56. The summed E-state index contributed by atoms with van der Waals surface area (Å²) in [6, 6.07) is 0. The molecule has 1 aliphatic heterocycles. The van der Waals surface area contributed by atoms with Gasteiger partial charge >= 0.3 is 6.09 Å². The monoisotopic (exact) mass is 379 g/mol. The van der Waals surface area contributed by atoms with Gasteiger partial charge in [0.2, 0.25) is 0 Å². The Morgan fingerprint density at radius 1 is 1.18 bits per heavy atom. The highest BCUT2D eigenvalue weighted by molar-refractivity contribution is 9.09. The average molecular weight is 380 g/mol. The summed E-state index contributed by atoms with van der Waals surface area (Å²) in [7, 11) is 0. The standard InChI is InChI=1S/C16H30BrNO4/c1-5-10-20-11-12-21-16(13-17)6-8-18(9-7-16)14(19)22-15(2,3)4/h5-13H2,1-4H3. The zero-order valence-corrected chi connectivity index (χ0v) is 15.9. The summed E-state index contributed by atoms with van der Waals surface area (Å²) in [5.74, 6) is 0. The minimum absolute atomic E-state index is 0.200. The molecule has 0 spiro atoms. The maximum Gasteiger partial charge on any atom is 0.410 e. The van der Waals surface area contributed by atoms with Gasteiger partial charge in [-0.1, -0.05) is 22.9 Å². The molecule has 1 amide bonds. The van der Waals surface area contributed by atoms with Gasteiger partial charge in [0, 0.05) is 25.0 Å². The Kier molecular flexibility index (Phi) is 8.14. The van der Waals surface area contributed by atoms with Crippen molar-refractivity contribution < 1.29 is 19.0 Å². The third-order valence-corrected chi connectivity index (χ3v) is 4.58. The lowest BCUT2D eigenvalue weighted by molar-refractivity contribution is -0.0841. The normalized spacial score (nSPS) is 18.3. The summed E-state index contributed by atoms with van der Waals surface area (Å²) in [6.07, 6.45) is 2.41. The van der Waals surface area contributed by atoms with Crippen LogP contribution in [0.5, 0.6) is 0 Å². The van der Waals surface area contributed by atoms with Crippen molar-refractivity contribution in [1.29, 1.82) is 0 Å². The summed E-state index contributed by atoms with van der Waals surface area (Å²) in [4.78, 5) is 13.8. The molecule has 1 heterocycles. The van der Waals surface area contributed by atoms with E-state index in [1.807, 2.05) is 20.8 Å². The van der Waals surface area contributed by atoms with Crippen molar-refractivity contribution in [3.63, 3.8) is 0 Å². The molecule has 0 aromatic heterocycles. The van der Waals surface area contributed by atoms with Crippen LogP contribution in [0, 0.1) is 0 Å². The van der Waals surface area contributed by atoms with Gasteiger partial charge in [0.25, 0.3) is 0 Å². The van der Waals surface area contributed by atoms with Crippen LogP contribution in [0.15, 0.2) is 0 Å². The zero-order chi connectivity index (χ0) is 16.6. The quantitative estimate of drug-likeness (QED) is 0.500. The number of alkyl halides is 1. The minimum Gasteiger partial charge on any atom is -0.444 e. The van der Waals surface area contributed by atoms with E-state index in [0.717, 1.165) is 31.2 Å². The van der Waals surface area contributed by atoms with E-state index in [1.54, 1.807) is 4.90 Å². The third-order valence-electron chi connectivity index (χ3n) is 3.55. The number of halogens is 1. The number of nitrogens with zero attached hydrogens (tertiary/aromatic N) is 1. The molecule has 0 atom stereocenters. The molecule has 6 heteroatoms. The summed E-state index contributed by atoms with van der Waals surface area (Å²) in [5.41, 5.74) is -0.651. The molecule has 1 fully saturated rings. The van der Waals surface area contributed by atoms with Gasteiger partial charge in [-0.25, -0.2) is 4.79 Å². The molecule has 1 saturated heterocycles. The number of ether oxygens (including phenoxy) is 3. The van der Waals surface area contributed by atoms with E-state index in [2.05, 4.69) is 22.9 Å². The number of amides is 1. The zero-order valence-electron chi connectivity index (χ0n) is 14.3. The molecule has 0 aromatic carbocycles. The van der Waals surface area contributed by atoms with Crippen LogP contribution in [-0.2, 0) is 14.2 Å². The van der Waals surface area contributed by atoms with Crippen molar-refractivity contribution in [2.24, 2.45) is 0 Å². The highest BCUT2D eigenvalue weighted by Crippen LogP contribution is 2.29. The van der Waals surface area contributed by atoms with Crippen molar-refractivity contribution in [3.05, 3.63) is 0 Å². The minimum atomic E-state index is -0.450. The number of carbonyl (C=O) groups excluding carboxylic acids is 1. The van der Waals surface area contributed by atoms with Gasteiger partial charge < -0.3 is 19.1 Å². The number of hydrogen-bond acceptors (Lipinski definition) is 4. The first kappa shape index (κ1) is 19.7. The first-order valence-corrected chi connectivity index (χ1v) is 9.20. The molecule has 1 rings (SSSR count). The Bertz CT molecular complexity index is 336. The predicted molar refractivity (Wildman–Crippen MR) is 90.6 cm³/mol. The van der Waals surface area contributed by atoms with Crippen LogP contribution in [0.2, 0.25) is 0 Å². The van der Waals surface area contributed by atoms with Crippen LogP contribution < -0.4 is 0 Å². The van der Waals surface area contributed by atoms with Crippen molar-refractivity contribution in [1.82, 2.24) is 4.90 Å². The van der Waals surface area contributed by atoms with Gasteiger partial charge in [0.15, 0.2) is 0 Å². The third kappa shape index (κ3) is 6.84. The van der Waals surface area contributed by atoms with Crippen molar-refractivity contribution >= 4 is 22.0 Å². The molecular formula is C16H30BrNO4. The molecule has 22 heavy (non-hydrogen) atoms. The first-order valence-electron chi connectivity index (χ1n) is 8.07. The molecule has 5 nitrogen and oxygen atoms in total. The predicted octanol–water partition coefficient (Wildman–Crippen LogP) is 3.59. The highest BCUT2D eigenvalue weighted by atomic mass is 79.9. The average Bonchev–Trinajstić information content (AvgIpc) is 2.46. The number of rotatable bonds is 7. The lowest BCUT2D eigenvalue weighted by Gasteiger charge is -2.40. The Morgan fingerprint density at radius 3 is 2.32 bits per heavy atom. The van der Waals surface area contributed by atoms with Gasteiger partial charge in [-0.3, -0.25) is 0 Å². The number of likely N-dealkylation sites (tertiary alicyclic amines) is 1. The molecule has 0 radical (unpaired) electrons. The fourth-order valence-corrected chi connectivity index (χ4v) is 3.03. The topological polar surface area (TPSA) is 48.0 Å². The number of carbonyl (C=O) groups is 1. The summed E-state index contributed by atoms with van der Waals surface area (Å²) in [5, 5.41) is 0.774. The van der Waals surface area contributed by atoms with Crippen molar-refractivity contribution in [3.8, 4) is 0 Å². The fraction of sp³-hybridized carbons (Fsp3) is 0.938. The van der Waals surface area contributed by atoms with Crippen LogP contribution in [0.3, 0.4) is 0 Å². The maximum atomic E-state index is 12.1. The first-order chi connectivity index (χ1) is 10.3. The van der Waals surface area contributed by atoms with E-state index in [0.29, 0.717) is 26.3 Å². The Morgan fingerprint density at radius 2 is 1.82 bits per heavy atom. The van der Waals surface area contributed by atoms with Crippen LogP contribution >= 0.6 is 15.9 Å². The van der Waals surface area contributed by atoms with E-state index >= 15 is 0 Å². The van der Waals surface area contributed by atoms with E-state index in [1.165, 1.54) is 0 Å². The molecule has 0 N–H and O–H groups in total. The van der Waals surface area contributed by atoms with Crippen LogP contribution in [-0.4, -0.2) is 60.4 Å². The van der Waals surface area contributed by atoms with Gasteiger partial charge in [0.05, 0.1) is 18.8 Å². The molecule has 0 aromatic rings. The van der Waals surface area contributed by atoms with E-state index in [4.69, 9.17) is 14.2 Å².